The lowest BCUT2D eigenvalue weighted by Crippen LogP contribution is -2.34. The molecule has 128 valence electrons. The highest BCUT2D eigenvalue weighted by Gasteiger charge is 2.22. The SMILES string of the molecule is CC(C)c1nn(C)cc1C(=O)NCC(Cc1ccccc1)C(=O)O. The highest BCUT2D eigenvalue weighted by atomic mass is 16.4. The molecule has 1 amide bonds. The summed E-state index contributed by atoms with van der Waals surface area (Å²) in [5.74, 6) is -1.76. The molecule has 0 spiro atoms. The molecule has 0 saturated heterocycles. The average Bonchev–Trinajstić information content (AvgIpc) is 2.94. The van der Waals surface area contributed by atoms with Gasteiger partial charge in [0.15, 0.2) is 0 Å². The van der Waals surface area contributed by atoms with Gasteiger partial charge in [0.25, 0.3) is 5.91 Å². The Morgan fingerprint density at radius 3 is 2.50 bits per heavy atom. The molecule has 1 unspecified atom stereocenters. The maximum atomic E-state index is 12.4. The first-order chi connectivity index (χ1) is 11.4. The zero-order valence-corrected chi connectivity index (χ0v) is 14.2. The zero-order chi connectivity index (χ0) is 17.7. The number of nitrogens with one attached hydrogen (secondary N) is 1. The van der Waals surface area contributed by atoms with Gasteiger partial charge in [-0.05, 0) is 17.9 Å². The van der Waals surface area contributed by atoms with Gasteiger partial charge in [0, 0.05) is 19.8 Å². The van der Waals surface area contributed by atoms with E-state index in [1.165, 1.54) is 0 Å². The summed E-state index contributed by atoms with van der Waals surface area (Å²) in [6.07, 6.45) is 2.04. The number of aryl methyl sites for hydroxylation is 1. The van der Waals surface area contributed by atoms with Gasteiger partial charge in [0.1, 0.15) is 0 Å². The molecule has 0 saturated carbocycles. The molecule has 6 nitrogen and oxygen atoms in total. The quantitative estimate of drug-likeness (QED) is 0.816. The van der Waals surface area contributed by atoms with E-state index in [9.17, 15) is 14.7 Å². The van der Waals surface area contributed by atoms with Crippen LogP contribution in [-0.4, -0.2) is 33.3 Å². The molecule has 24 heavy (non-hydrogen) atoms. The van der Waals surface area contributed by atoms with E-state index in [1.807, 2.05) is 44.2 Å². The van der Waals surface area contributed by atoms with E-state index < -0.39 is 11.9 Å². The minimum atomic E-state index is -0.922. The fraction of sp³-hybridized carbons (Fsp3) is 0.389. The highest BCUT2D eigenvalue weighted by Crippen LogP contribution is 2.17. The van der Waals surface area contributed by atoms with Crippen LogP contribution in [0.4, 0.5) is 0 Å². The Balaban J connectivity index is 2.04. The first-order valence-electron chi connectivity index (χ1n) is 7.97. The van der Waals surface area contributed by atoms with Crippen LogP contribution < -0.4 is 5.32 Å². The van der Waals surface area contributed by atoms with E-state index in [0.717, 1.165) is 5.56 Å². The third-order valence-corrected chi connectivity index (χ3v) is 3.83. The Labute approximate surface area is 141 Å². The molecule has 1 atom stereocenters. The molecular formula is C18H23N3O3. The van der Waals surface area contributed by atoms with E-state index in [4.69, 9.17) is 0 Å². The van der Waals surface area contributed by atoms with E-state index in [1.54, 1.807) is 17.9 Å². The Morgan fingerprint density at radius 1 is 1.25 bits per heavy atom. The molecule has 2 N–H and O–H groups in total. The van der Waals surface area contributed by atoms with E-state index >= 15 is 0 Å². The first kappa shape index (κ1) is 17.7. The van der Waals surface area contributed by atoms with Gasteiger partial charge in [-0.25, -0.2) is 0 Å². The van der Waals surface area contributed by atoms with E-state index in [-0.39, 0.29) is 18.4 Å². The largest absolute Gasteiger partial charge is 0.481 e. The summed E-state index contributed by atoms with van der Waals surface area (Å²) in [6.45, 7) is 4.01. The Morgan fingerprint density at radius 2 is 1.92 bits per heavy atom. The predicted molar refractivity (Wildman–Crippen MR) is 90.9 cm³/mol. The molecule has 0 aliphatic rings. The standard InChI is InChI=1S/C18H23N3O3/c1-12(2)16-15(11-21(3)20-16)17(22)19-10-14(18(23)24)9-13-7-5-4-6-8-13/h4-8,11-12,14H,9-10H2,1-3H3,(H,19,22)(H,23,24). The number of rotatable bonds is 7. The van der Waals surface area contributed by atoms with Gasteiger partial charge in [-0.15, -0.1) is 0 Å². The van der Waals surface area contributed by atoms with E-state index in [0.29, 0.717) is 17.7 Å². The molecule has 6 heteroatoms. The van der Waals surface area contributed by atoms with Crippen molar-refractivity contribution in [2.24, 2.45) is 13.0 Å². The van der Waals surface area contributed by atoms with E-state index in [2.05, 4.69) is 10.4 Å². The van der Waals surface area contributed by atoms with Gasteiger partial charge in [0.05, 0.1) is 17.2 Å². The maximum Gasteiger partial charge on any atom is 0.308 e. The van der Waals surface area contributed by atoms with Gasteiger partial charge in [-0.3, -0.25) is 14.3 Å². The van der Waals surface area contributed by atoms with Crippen LogP contribution in [0.2, 0.25) is 0 Å². The van der Waals surface area contributed by atoms with Crippen molar-refractivity contribution in [1.82, 2.24) is 15.1 Å². The number of carboxylic acids is 1. The molecule has 1 aromatic carbocycles. The number of hydrogen-bond donors (Lipinski definition) is 2. The van der Waals surface area contributed by atoms with Crippen molar-refractivity contribution in [3.63, 3.8) is 0 Å². The van der Waals surface area contributed by atoms with Crippen molar-refractivity contribution in [2.45, 2.75) is 26.2 Å². The summed E-state index contributed by atoms with van der Waals surface area (Å²) in [5.41, 5.74) is 2.14. The van der Waals surface area contributed by atoms with Crippen LogP contribution in [0, 0.1) is 5.92 Å². The topological polar surface area (TPSA) is 84.2 Å². The van der Waals surface area contributed by atoms with Crippen molar-refractivity contribution < 1.29 is 14.7 Å². The fourth-order valence-electron chi connectivity index (χ4n) is 2.56. The number of carbonyl (C=O) groups is 2. The van der Waals surface area contributed by atoms with Gasteiger partial charge >= 0.3 is 5.97 Å². The minimum Gasteiger partial charge on any atom is -0.481 e. The number of carbonyl (C=O) groups excluding carboxylic acids is 1. The Bertz CT molecular complexity index is 708. The van der Waals surface area contributed by atoms with Gasteiger partial charge in [-0.2, -0.15) is 5.10 Å². The van der Waals surface area contributed by atoms with Crippen molar-refractivity contribution in [1.29, 1.82) is 0 Å². The molecule has 2 rings (SSSR count). The monoisotopic (exact) mass is 329 g/mol. The lowest BCUT2D eigenvalue weighted by atomic mass is 9.99. The van der Waals surface area contributed by atoms with Crippen molar-refractivity contribution in [3.05, 3.63) is 53.3 Å². The Hall–Kier alpha value is -2.63. The second-order valence-corrected chi connectivity index (χ2v) is 6.19. The second-order valence-electron chi connectivity index (χ2n) is 6.19. The number of amides is 1. The molecule has 0 aliphatic carbocycles. The van der Waals surface area contributed by atoms with Crippen molar-refractivity contribution in [2.75, 3.05) is 6.54 Å². The summed E-state index contributed by atoms with van der Waals surface area (Å²) in [5, 5.41) is 16.4. The second kappa shape index (κ2) is 7.77. The predicted octanol–water partition coefficient (Wildman–Crippen LogP) is 2.22. The molecule has 2 aromatic rings. The number of aliphatic carboxylic acids is 1. The molecule has 1 aromatic heterocycles. The summed E-state index contributed by atoms with van der Waals surface area (Å²) in [4.78, 5) is 23.9. The normalized spacial score (nSPS) is 12.2. The molecule has 0 fully saturated rings. The van der Waals surface area contributed by atoms with Crippen molar-refractivity contribution >= 4 is 11.9 Å². The number of hydrogen-bond acceptors (Lipinski definition) is 3. The van der Waals surface area contributed by atoms with Crippen LogP contribution in [-0.2, 0) is 18.3 Å². The van der Waals surface area contributed by atoms with Crippen LogP contribution >= 0.6 is 0 Å². The molecule has 0 radical (unpaired) electrons. The highest BCUT2D eigenvalue weighted by molar-refractivity contribution is 5.95. The van der Waals surface area contributed by atoms with Crippen LogP contribution in [0.15, 0.2) is 36.5 Å². The maximum absolute atomic E-state index is 12.4. The fourth-order valence-corrected chi connectivity index (χ4v) is 2.56. The van der Waals surface area contributed by atoms with Gasteiger partial charge < -0.3 is 10.4 Å². The smallest absolute Gasteiger partial charge is 0.308 e. The zero-order valence-electron chi connectivity index (χ0n) is 14.2. The number of carboxylic acid groups (broad SMARTS) is 1. The van der Waals surface area contributed by atoms with Gasteiger partial charge in [-0.1, -0.05) is 44.2 Å². The van der Waals surface area contributed by atoms with Gasteiger partial charge in [0.2, 0.25) is 0 Å². The summed E-state index contributed by atoms with van der Waals surface area (Å²) in [7, 11) is 1.76. The molecule has 0 aliphatic heterocycles. The number of aromatic nitrogens is 2. The van der Waals surface area contributed by atoms with Crippen LogP contribution in [0.25, 0.3) is 0 Å². The first-order valence-corrected chi connectivity index (χ1v) is 7.97. The summed E-state index contributed by atoms with van der Waals surface area (Å²) in [6, 6.07) is 9.40. The number of benzene rings is 1. The van der Waals surface area contributed by atoms with Crippen LogP contribution in [0.5, 0.6) is 0 Å². The average molecular weight is 329 g/mol. The van der Waals surface area contributed by atoms with Crippen LogP contribution in [0.1, 0.15) is 41.4 Å². The third kappa shape index (κ3) is 4.44. The van der Waals surface area contributed by atoms with Crippen LogP contribution in [0.3, 0.4) is 0 Å². The lowest BCUT2D eigenvalue weighted by Gasteiger charge is -2.14. The molecular weight excluding hydrogens is 306 g/mol. The lowest BCUT2D eigenvalue weighted by molar-refractivity contribution is -0.141. The van der Waals surface area contributed by atoms with Crippen molar-refractivity contribution in [3.8, 4) is 0 Å². The molecule has 0 bridgehead atoms. The Kier molecular flexibility index (Phi) is 5.73. The summed E-state index contributed by atoms with van der Waals surface area (Å²) < 4.78 is 1.60. The minimum absolute atomic E-state index is 0.0789. The number of nitrogens with zero attached hydrogens (tertiary/aromatic N) is 2. The third-order valence-electron chi connectivity index (χ3n) is 3.83. The summed E-state index contributed by atoms with van der Waals surface area (Å²) >= 11 is 0. The molecule has 1 heterocycles.